The molecule has 4 heteroatoms. The second kappa shape index (κ2) is 7.60. The fraction of sp³-hybridized carbons (Fsp3) is 0.846. The van der Waals surface area contributed by atoms with Crippen molar-refractivity contribution in [3.8, 4) is 6.07 Å². The van der Waals surface area contributed by atoms with Crippen LogP contribution in [0.5, 0.6) is 0 Å². The molecule has 3 nitrogen and oxygen atoms in total. The molecule has 1 amide bonds. The Morgan fingerprint density at radius 2 is 2.06 bits per heavy atom. The van der Waals surface area contributed by atoms with Gasteiger partial charge in [0.25, 0.3) is 0 Å². The van der Waals surface area contributed by atoms with E-state index in [1.165, 1.54) is 0 Å². The van der Waals surface area contributed by atoms with Crippen LogP contribution >= 0.6 is 11.8 Å². The predicted molar refractivity (Wildman–Crippen MR) is 71.8 cm³/mol. The van der Waals surface area contributed by atoms with Gasteiger partial charge in [0.1, 0.15) is 5.41 Å². The van der Waals surface area contributed by atoms with Crippen LogP contribution in [-0.2, 0) is 4.79 Å². The van der Waals surface area contributed by atoms with Crippen molar-refractivity contribution in [3.63, 3.8) is 0 Å². The van der Waals surface area contributed by atoms with Crippen LogP contribution in [0.3, 0.4) is 0 Å². The van der Waals surface area contributed by atoms with Gasteiger partial charge in [-0.25, -0.2) is 0 Å². The van der Waals surface area contributed by atoms with Gasteiger partial charge < -0.3 is 5.32 Å². The minimum Gasteiger partial charge on any atom is -0.355 e. The molecule has 1 aliphatic carbocycles. The average Bonchev–Trinajstić information content (AvgIpc) is 2.39. The number of hydrogen-bond donors (Lipinski definition) is 1. The quantitative estimate of drug-likeness (QED) is 0.741. The van der Waals surface area contributed by atoms with Crippen molar-refractivity contribution in [1.82, 2.24) is 5.32 Å². The van der Waals surface area contributed by atoms with E-state index in [4.69, 9.17) is 0 Å². The lowest BCUT2D eigenvalue weighted by Gasteiger charge is -2.29. The fourth-order valence-corrected chi connectivity index (χ4v) is 2.78. The van der Waals surface area contributed by atoms with Gasteiger partial charge >= 0.3 is 0 Å². The molecule has 96 valence electrons. The van der Waals surface area contributed by atoms with Crippen LogP contribution in [0, 0.1) is 16.7 Å². The maximum absolute atomic E-state index is 12.0. The van der Waals surface area contributed by atoms with Gasteiger partial charge in [0.2, 0.25) is 5.91 Å². The summed E-state index contributed by atoms with van der Waals surface area (Å²) < 4.78 is 0. The highest BCUT2D eigenvalue weighted by Gasteiger charge is 2.39. The van der Waals surface area contributed by atoms with Gasteiger partial charge in [-0.2, -0.15) is 17.0 Å². The number of nitrogens with one attached hydrogen (secondary N) is 1. The molecule has 1 saturated carbocycles. The third kappa shape index (κ3) is 4.23. The SMILES string of the molecule is CSCCCCNC(=O)C1(C#N)CCCCC1. The lowest BCUT2D eigenvalue weighted by Crippen LogP contribution is -2.41. The Bertz CT molecular complexity index is 280. The Morgan fingerprint density at radius 3 is 2.65 bits per heavy atom. The summed E-state index contributed by atoms with van der Waals surface area (Å²) in [5.74, 6) is 1.10. The molecule has 0 radical (unpaired) electrons. The molecule has 0 unspecified atom stereocenters. The van der Waals surface area contributed by atoms with Crippen LogP contribution in [0.1, 0.15) is 44.9 Å². The van der Waals surface area contributed by atoms with Gasteiger partial charge in [0, 0.05) is 6.54 Å². The molecule has 0 atom stereocenters. The summed E-state index contributed by atoms with van der Waals surface area (Å²) in [6.45, 7) is 0.711. The normalized spacial score (nSPS) is 18.4. The third-order valence-electron chi connectivity index (χ3n) is 3.42. The predicted octanol–water partition coefficient (Wildman–Crippen LogP) is 2.72. The summed E-state index contributed by atoms with van der Waals surface area (Å²) in [5.41, 5.74) is -0.724. The molecule has 0 saturated heterocycles. The van der Waals surface area contributed by atoms with Crippen LogP contribution in [0.25, 0.3) is 0 Å². The van der Waals surface area contributed by atoms with Gasteiger partial charge in [-0.3, -0.25) is 4.79 Å². The van der Waals surface area contributed by atoms with Crippen molar-refractivity contribution in [1.29, 1.82) is 5.26 Å². The first-order valence-corrected chi connectivity index (χ1v) is 7.83. The van der Waals surface area contributed by atoms with Crippen LogP contribution in [-0.4, -0.2) is 24.5 Å². The lowest BCUT2D eigenvalue weighted by atomic mass is 9.74. The van der Waals surface area contributed by atoms with E-state index in [1.807, 2.05) is 11.8 Å². The number of hydrogen-bond acceptors (Lipinski definition) is 3. The maximum atomic E-state index is 12.0. The minimum absolute atomic E-state index is 0.0381. The van der Waals surface area contributed by atoms with E-state index in [1.54, 1.807) is 0 Å². The van der Waals surface area contributed by atoms with Crippen molar-refractivity contribution in [2.24, 2.45) is 5.41 Å². The molecular formula is C13H22N2OS. The molecule has 0 heterocycles. The van der Waals surface area contributed by atoms with Gasteiger partial charge in [0.15, 0.2) is 0 Å². The molecular weight excluding hydrogens is 232 g/mol. The summed E-state index contributed by atoms with van der Waals surface area (Å²) in [5, 5.41) is 12.2. The monoisotopic (exact) mass is 254 g/mol. The van der Waals surface area contributed by atoms with E-state index in [-0.39, 0.29) is 5.91 Å². The maximum Gasteiger partial charge on any atom is 0.240 e. The zero-order valence-electron chi connectivity index (χ0n) is 10.6. The molecule has 0 aromatic carbocycles. The molecule has 1 fully saturated rings. The second-order valence-corrected chi connectivity index (χ2v) is 5.70. The molecule has 0 bridgehead atoms. The topological polar surface area (TPSA) is 52.9 Å². The molecule has 17 heavy (non-hydrogen) atoms. The Hall–Kier alpha value is -0.690. The highest BCUT2D eigenvalue weighted by atomic mass is 32.2. The summed E-state index contributed by atoms with van der Waals surface area (Å²) >= 11 is 1.83. The van der Waals surface area contributed by atoms with E-state index in [0.717, 1.165) is 50.7 Å². The summed E-state index contributed by atoms with van der Waals surface area (Å²) in [7, 11) is 0. The summed E-state index contributed by atoms with van der Waals surface area (Å²) in [4.78, 5) is 12.0. The standard InChI is InChI=1S/C13H22N2OS/c1-17-10-6-5-9-15-12(16)13(11-14)7-3-2-4-8-13/h2-10H2,1H3,(H,15,16). The minimum atomic E-state index is -0.724. The molecule has 0 spiro atoms. The van der Waals surface area contributed by atoms with Gasteiger partial charge in [0.05, 0.1) is 6.07 Å². The van der Waals surface area contributed by atoms with Crippen LogP contribution in [0.15, 0.2) is 0 Å². The zero-order valence-corrected chi connectivity index (χ0v) is 11.4. The van der Waals surface area contributed by atoms with Crippen LogP contribution < -0.4 is 5.32 Å². The number of unbranched alkanes of at least 4 members (excludes halogenated alkanes) is 1. The van der Waals surface area contributed by atoms with Gasteiger partial charge in [-0.05, 0) is 37.7 Å². The highest BCUT2D eigenvalue weighted by Crippen LogP contribution is 2.35. The van der Waals surface area contributed by atoms with Gasteiger partial charge in [-0.15, -0.1) is 0 Å². The number of nitrogens with zero attached hydrogens (tertiary/aromatic N) is 1. The zero-order chi connectivity index (χ0) is 12.6. The average molecular weight is 254 g/mol. The van der Waals surface area contributed by atoms with Crippen molar-refractivity contribution < 1.29 is 4.79 Å². The Morgan fingerprint density at radius 1 is 1.35 bits per heavy atom. The van der Waals surface area contributed by atoms with Crippen LogP contribution in [0.4, 0.5) is 0 Å². The smallest absolute Gasteiger partial charge is 0.240 e. The lowest BCUT2D eigenvalue weighted by molar-refractivity contribution is -0.129. The first kappa shape index (κ1) is 14.4. The number of carbonyl (C=O) groups is 1. The highest BCUT2D eigenvalue weighted by molar-refractivity contribution is 7.98. The molecule has 1 rings (SSSR count). The summed E-state index contributed by atoms with van der Waals surface area (Å²) in [6.07, 6.45) is 8.87. The third-order valence-corrected chi connectivity index (χ3v) is 4.11. The fourth-order valence-electron chi connectivity index (χ4n) is 2.29. The van der Waals surface area contributed by atoms with Crippen molar-refractivity contribution >= 4 is 17.7 Å². The van der Waals surface area contributed by atoms with Crippen molar-refractivity contribution in [2.75, 3.05) is 18.6 Å². The summed E-state index contributed by atoms with van der Waals surface area (Å²) in [6, 6.07) is 2.25. The largest absolute Gasteiger partial charge is 0.355 e. The molecule has 0 aromatic rings. The van der Waals surface area contributed by atoms with E-state index in [2.05, 4.69) is 17.6 Å². The van der Waals surface area contributed by atoms with E-state index in [0.29, 0.717) is 6.54 Å². The number of amides is 1. The number of nitriles is 1. The Balaban J connectivity index is 2.32. The molecule has 1 N–H and O–H groups in total. The van der Waals surface area contributed by atoms with Crippen molar-refractivity contribution in [3.05, 3.63) is 0 Å². The van der Waals surface area contributed by atoms with Crippen molar-refractivity contribution in [2.45, 2.75) is 44.9 Å². The number of thioether (sulfide) groups is 1. The first-order valence-electron chi connectivity index (χ1n) is 6.44. The Kier molecular flexibility index (Phi) is 6.43. The van der Waals surface area contributed by atoms with Crippen LogP contribution in [0.2, 0.25) is 0 Å². The molecule has 0 aromatic heterocycles. The number of carbonyl (C=O) groups excluding carboxylic acids is 1. The number of rotatable bonds is 6. The van der Waals surface area contributed by atoms with E-state index >= 15 is 0 Å². The van der Waals surface area contributed by atoms with E-state index < -0.39 is 5.41 Å². The molecule has 1 aliphatic rings. The second-order valence-electron chi connectivity index (χ2n) is 4.71. The van der Waals surface area contributed by atoms with Gasteiger partial charge in [-0.1, -0.05) is 19.3 Å². The Labute approximate surface area is 108 Å². The van der Waals surface area contributed by atoms with E-state index in [9.17, 15) is 10.1 Å². The first-order chi connectivity index (χ1) is 8.25. The molecule has 0 aliphatic heterocycles.